The van der Waals surface area contributed by atoms with Crippen LogP contribution in [0.3, 0.4) is 0 Å². The standard InChI is InChI=1S/C9H18N2O.C2H4O2.C2H6/c1-11(2)9(12)10-8-6-4-3-5-7-8;1-2(3)4;1-2/h8H,3-7H2,1-2H3,(H,10,12);1H3,(H,3,4);1-2H3. The van der Waals surface area contributed by atoms with E-state index >= 15 is 0 Å². The molecule has 0 radical (unpaired) electrons. The van der Waals surface area contributed by atoms with Crippen molar-refractivity contribution >= 4 is 12.0 Å². The van der Waals surface area contributed by atoms with Gasteiger partial charge in [-0.1, -0.05) is 33.1 Å². The number of amides is 2. The van der Waals surface area contributed by atoms with Crippen LogP contribution in [0.4, 0.5) is 4.79 Å². The molecule has 0 aromatic carbocycles. The van der Waals surface area contributed by atoms with Gasteiger partial charge in [-0.25, -0.2) is 4.79 Å². The average Bonchev–Trinajstić information content (AvgIpc) is 2.32. The number of urea groups is 1. The number of hydrogen-bond acceptors (Lipinski definition) is 2. The molecule has 1 saturated carbocycles. The van der Waals surface area contributed by atoms with Crippen LogP contribution in [0.25, 0.3) is 0 Å². The fraction of sp³-hybridized carbons (Fsp3) is 0.846. The summed E-state index contributed by atoms with van der Waals surface area (Å²) in [6.07, 6.45) is 6.16. The first kappa shape index (κ1) is 19.1. The lowest BCUT2D eigenvalue weighted by molar-refractivity contribution is -0.134. The number of carboxylic acid groups (broad SMARTS) is 1. The van der Waals surface area contributed by atoms with Gasteiger partial charge in [0.05, 0.1) is 0 Å². The maximum atomic E-state index is 11.2. The van der Waals surface area contributed by atoms with Gasteiger partial charge in [0.25, 0.3) is 5.97 Å². The van der Waals surface area contributed by atoms with Crippen molar-refractivity contribution in [2.75, 3.05) is 14.1 Å². The van der Waals surface area contributed by atoms with Crippen LogP contribution >= 0.6 is 0 Å². The van der Waals surface area contributed by atoms with Crippen LogP contribution < -0.4 is 5.32 Å². The molecule has 0 aliphatic heterocycles. The highest BCUT2D eigenvalue weighted by Gasteiger charge is 2.15. The van der Waals surface area contributed by atoms with Crippen LogP contribution in [-0.4, -0.2) is 42.1 Å². The largest absolute Gasteiger partial charge is 0.481 e. The second-order valence-electron chi connectivity index (χ2n) is 4.20. The monoisotopic (exact) mass is 260 g/mol. The zero-order valence-corrected chi connectivity index (χ0v) is 12.3. The molecule has 0 bridgehead atoms. The molecule has 0 unspecified atom stereocenters. The van der Waals surface area contributed by atoms with E-state index in [9.17, 15) is 4.79 Å². The van der Waals surface area contributed by atoms with Gasteiger partial charge in [0.2, 0.25) is 0 Å². The smallest absolute Gasteiger partial charge is 0.317 e. The van der Waals surface area contributed by atoms with E-state index in [1.165, 1.54) is 19.3 Å². The molecular weight excluding hydrogens is 232 g/mol. The summed E-state index contributed by atoms with van der Waals surface area (Å²) < 4.78 is 0. The van der Waals surface area contributed by atoms with E-state index in [1.54, 1.807) is 19.0 Å². The Morgan fingerprint density at radius 3 is 1.83 bits per heavy atom. The van der Waals surface area contributed by atoms with E-state index in [2.05, 4.69) is 5.32 Å². The summed E-state index contributed by atoms with van der Waals surface area (Å²) in [7, 11) is 3.55. The first-order valence-electron chi connectivity index (χ1n) is 6.61. The van der Waals surface area contributed by atoms with Crippen molar-refractivity contribution in [3.8, 4) is 0 Å². The molecule has 108 valence electrons. The molecule has 5 nitrogen and oxygen atoms in total. The number of carbonyl (C=O) groups is 2. The van der Waals surface area contributed by atoms with Crippen molar-refractivity contribution < 1.29 is 14.7 Å². The van der Waals surface area contributed by atoms with Crippen LogP contribution in [0, 0.1) is 0 Å². The van der Waals surface area contributed by atoms with Crippen LogP contribution in [0.5, 0.6) is 0 Å². The Bertz CT molecular complexity index is 220. The SMILES string of the molecule is CC.CC(=O)O.CN(C)C(=O)NC1CCCCC1. The van der Waals surface area contributed by atoms with Gasteiger partial charge in [-0.3, -0.25) is 4.79 Å². The summed E-state index contributed by atoms with van der Waals surface area (Å²) >= 11 is 0. The highest BCUT2D eigenvalue weighted by Crippen LogP contribution is 2.17. The molecule has 0 aromatic heterocycles. The van der Waals surface area contributed by atoms with Gasteiger partial charge in [0.1, 0.15) is 0 Å². The van der Waals surface area contributed by atoms with Gasteiger partial charge >= 0.3 is 6.03 Å². The lowest BCUT2D eigenvalue weighted by Gasteiger charge is -2.24. The molecule has 1 fully saturated rings. The van der Waals surface area contributed by atoms with Crippen LogP contribution in [0.15, 0.2) is 0 Å². The third kappa shape index (κ3) is 12.8. The van der Waals surface area contributed by atoms with E-state index < -0.39 is 5.97 Å². The van der Waals surface area contributed by atoms with Crippen molar-refractivity contribution in [1.29, 1.82) is 0 Å². The summed E-state index contributed by atoms with van der Waals surface area (Å²) in [5.74, 6) is -0.833. The van der Waals surface area contributed by atoms with Crippen LogP contribution in [-0.2, 0) is 4.79 Å². The van der Waals surface area contributed by atoms with Gasteiger partial charge in [-0.2, -0.15) is 0 Å². The molecule has 1 aliphatic rings. The van der Waals surface area contributed by atoms with Crippen LogP contribution in [0.2, 0.25) is 0 Å². The Balaban J connectivity index is 0. The predicted octanol–water partition coefficient (Wildman–Crippen LogP) is 2.71. The number of nitrogens with zero attached hydrogens (tertiary/aromatic N) is 1. The Morgan fingerprint density at radius 2 is 1.50 bits per heavy atom. The summed E-state index contributed by atoms with van der Waals surface area (Å²) in [6, 6.07) is 0.468. The maximum Gasteiger partial charge on any atom is 0.317 e. The Morgan fingerprint density at radius 1 is 1.11 bits per heavy atom. The summed E-state index contributed by atoms with van der Waals surface area (Å²) in [4.78, 5) is 21.8. The molecule has 0 atom stereocenters. The molecule has 1 aliphatic carbocycles. The number of aliphatic carboxylic acids is 1. The molecule has 2 amide bonds. The van der Waals surface area contributed by atoms with Gasteiger partial charge in [0.15, 0.2) is 0 Å². The molecule has 0 aromatic rings. The molecule has 2 N–H and O–H groups in total. The maximum absolute atomic E-state index is 11.2. The van der Waals surface area contributed by atoms with Crippen LogP contribution in [0.1, 0.15) is 52.9 Å². The molecule has 0 saturated heterocycles. The summed E-state index contributed by atoms with van der Waals surface area (Å²) in [6.45, 7) is 5.08. The van der Waals surface area contributed by atoms with Crippen molar-refractivity contribution in [2.24, 2.45) is 0 Å². The number of nitrogens with one attached hydrogen (secondary N) is 1. The lowest BCUT2D eigenvalue weighted by atomic mass is 9.96. The van der Waals surface area contributed by atoms with Gasteiger partial charge in [-0.05, 0) is 12.8 Å². The fourth-order valence-corrected chi connectivity index (χ4v) is 1.55. The lowest BCUT2D eigenvalue weighted by Crippen LogP contribution is -2.42. The first-order chi connectivity index (χ1) is 8.43. The van der Waals surface area contributed by atoms with Crippen molar-refractivity contribution in [3.05, 3.63) is 0 Å². The van der Waals surface area contributed by atoms with Gasteiger partial charge < -0.3 is 15.3 Å². The van der Waals surface area contributed by atoms with E-state index in [4.69, 9.17) is 9.90 Å². The zero-order chi connectivity index (χ0) is 14.6. The highest BCUT2D eigenvalue weighted by atomic mass is 16.4. The minimum atomic E-state index is -0.833. The summed E-state index contributed by atoms with van der Waals surface area (Å²) in [5, 5.41) is 10.4. The quantitative estimate of drug-likeness (QED) is 0.761. The topological polar surface area (TPSA) is 69.6 Å². The molecule has 5 heteroatoms. The third-order valence-electron chi connectivity index (χ3n) is 2.34. The Hall–Kier alpha value is -1.26. The normalized spacial score (nSPS) is 14.3. The highest BCUT2D eigenvalue weighted by molar-refractivity contribution is 5.73. The van der Waals surface area contributed by atoms with E-state index in [-0.39, 0.29) is 6.03 Å². The van der Waals surface area contributed by atoms with Crippen molar-refractivity contribution in [1.82, 2.24) is 10.2 Å². The molecule has 18 heavy (non-hydrogen) atoms. The Labute approximate surface area is 111 Å². The third-order valence-corrected chi connectivity index (χ3v) is 2.34. The van der Waals surface area contributed by atoms with Crippen molar-refractivity contribution in [3.63, 3.8) is 0 Å². The second-order valence-corrected chi connectivity index (χ2v) is 4.20. The predicted molar refractivity (Wildman–Crippen MR) is 73.7 cm³/mol. The average molecular weight is 260 g/mol. The van der Waals surface area contributed by atoms with Gasteiger partial charge in [0, 0.05) is 27.1 Å². The number of carboxylic acids is 1. The van der Waals surface area contributed by atoms with Gasteiger partial charge in [-0.15, -0.1) is 0 Å². The molecule has 0 spiro atoms. The van der Waals surface area contributed by atoms with Crippen molar-refractivity contribution in [2.45, 2.75) is 58.9 Å². The van der Waals surface area contributed by atoms with E-state index in [0.29, 0.717) is 6.04 Å². The number of hydrogen-bond donors (Lipinski definition) is 2. The zero-order valence-electron chi connectivity index (χ0n) is 12.3. The number of carbonyl (C=O) groups excluding carboxylic acids is 1. The molecule has 0 heterocycles. The first-order valence-corrected chi connectivity index (χ1v) is 6.61. The van der Waals surface area contributed by atoms with E-state index in [1.807, 2.05) is 13.8 Å². The molecule has 1 rings (SSSR count). The Kier molecular flexibility index (Phi) is 12.9. The summed E-state index contributed by atoms with van der Waals surface area (Å²) in [5.41, 5.74) is 0. The van der Waals surface area contributed by atoms with E-state index in [0.717, 1.165) is 19.8 Å². The second kappa shape index (κ2) is 12.2. The fourth-order valence-electron chi connectivity index (χ4n) is 1.55. The molecular formula is C13H28N2O3. The minimum Gasteiger partial charge on any atom is -0.481 e. The number of rotatable bonds is 1. The minimum absolute atomic E-state index is 0.0434.